The normalized spacial score (nSPS) is 10.5. The molecule has 4 nitrogen and oxygen atoms in total. The molecule has 1 aromatic heterocycles. The molecule has 4 aromatic rings. The molecule has 3 aromatic carbocycles. The molecular weight excluding hydrogens is 448 g/mol. The molecule has 0 aliphatic carbocycles. The minimum atomic E-state index is -0.392. The number of nitrogens with one attached hydrogen (secondary N) is 1. The van der Waals surface area contributed by atoms with E-state index in [4.69, 9.17) is 17.0 Å². The summed E-state index contributed by atoms with van der Waals surface area (Å²) in [5.41, 5.74) is 3.82. The number of thiophene rings is 1. The number of ether oxygens (including phenoxy) is 1. The van der Waals surface area contributed by atoms with Gasteiger partial charge in [-0.15, -0.1) is 11.3 Å². The maximum atomic E-state index is 12.5. The number of nitrogens with zero attached hydrogens (tertiary/aromatic N) is 1. The number of carbonyl (C=O) groups is 1. The number of methoxy groups -OCH3 is 1. The Labute approximate surface area is 203 Å². The molecule has 1 N–H and O–H groups in total. The molecule has 0 radical (unpaired) electrons. The van der Waals surface area contributed by atoms with E-state index in [-0.39, 0.29) is 0 Å². The Balaban J connectivity index is 1.62. The molecule has 0 bridgehead atoms. The van der Waals surface area contributed by atoms with Crippen LogP contribution in [0, 0.1) is 0 Å². The molecule has 33 heavy (non-hydrogen) atoms. The number of esters is 1. The molecule has 0 unspecified atom stereocenters. The fourth-order valence-corrected chi connectivity index (χ4v) is 4.82. The Kier molecular flexibility index (Phi) is 7.50. The van der Waals surface area contributed by atoms with E-state index < -0.39 is 5.97 Å². The third kappa shape index (κ3) is 5.86. The first kappa shape index (κ1) is 22.7. The number of thiocarbonyl (C=S) groups is 1. The first-order valence-electron chi connectivity index (χ1n) is 10.6. The average Bonchev–Trinajstić information content (AvgIpc) is 3.28. The van der Waals surface area contributed by atoms with E-state index in [1.54, 1.807) is 0 Å². The number of anilines is 1. The third-order valence-electron chi connectivity index (χ3n) is 5.14. The maximum Gasteiger partial charge on any atom is 0.340 e. The molecule has 0 saturated heterocycles. The van der Waals surface area contributed by atoms with Crippen molar-refractivity contribution in [3.8, 4) is 10.4 Å². The number of rotatable bonds is 7. The minimum Gasteiger partial charge on any atom is -0.465 e. The van der Waals surface area contributed by atoms with E-state index in [2.05, 4.69) is 34.5 Å². The van der Waals surface area contributed by atoms with Crippen LogP contribution >= 0.6 is 23.6 Å². The van der Waals surface area contributed by atoms with Crippen molar-refractivity contribution in [3.05, 3.63) is 114 Å². The van der Waals surface area contributed by atoms with Crippen molar-refractivity contribution in [2.45, 2.75) is 13.1 Å². The van der Waals surface area contributed by atoms with Crippen LogP contribution in [-0.4, -0.2) is 23.1 Å². The van der Waals surface area contributed by atoms with Gasteiger partial charge in [0.15, 0.2) is 5.11 Å². The van der Waals surface area contributed by atoms with Gasteiger partial charge >= 0.3 is 5.97 Å². The van der Waals surface area contributed by atoms with Gasteiger partial charge in [0.05, 0.1) is 12.7 Å². The number of hydrogen-bond acceptors (Lipinski definition) is 4. The van der Waals surface area contributed by atoms with Gasteiger partial charge in [0.1, 0.15) is 5.00 Å². The summed E-state index contributed by atoms with van der Waals surface area (Å²) in [5, 5.41) is 4.56. The van der Waals surface area contributed by atoms with Gasteiger partial charge in [-0.05, 0) is 35.0 Å². The van der Waals surface area contributed by atoms with Crippen LogP contribution in [0.15, 0.2) is 97.1 Å². The zero-order valence-electron chi connectivity index (χ0n) is 18.2. The Morgan fingerprint density at radius 2 is 1.39 bits per heavy atom. The van der Waals surface area contributed by atoms with Crippen molar-refractivity contribution in [3.63, 3.8) is 0 Å². The lowest BCUT2D eigenvalue weighted by Gasteiger charge is -2.26. The second kappa shape index (κ2) is 10.9. The summed E-state index contributed by atoms with van der Waals surface area (Å²) in [7, 11) is 1.39. The van der Waals surface area contributed by atoms with Crippen molar-refractivity contribution in [1.29, 1.82) is 0 Å². The van der Waals surface area contributed by atoms with Crippen LogP contribution in [-0.2, 0) is 17.8 Å². The van der Waals surface area contributed by atoms with Crippen LogP contribution in [0.2, 0.25) is 0 Å². The van der Waals surface area contributed by atoms with E-state index in [1.807, 2.05) is 72.8 Å². The number of carbonyl (C=O) groups excluding carboxylic acids is 1. The zero-order chi connectivity index (χ0) is 23.0. The van der Waals surface area contributed by atoms with Crippen molar-refractivity contribution in [1.82, 2.24) is 4.90 Å². The molecule has 166 valence electrons. The first-order chi connectivity index (χ1) is 16.1. The molecule has 0 spiro atoms. The van der Waals surface area contributed by atoms with E-state index in [0.717, 1.165) is 21.6 Å². The Hall–Kier alpha value is -3.48. The van der Waals surface area contributed by atoms with Gasteiger partial charge in [-0.3, -0.25) is 0 Å². The van der Waals surface area contributed by atoms with E-state index in [9.17, 15) is 4.79 Å². The fraction of sp³-hybridized carbons (Fsp3) is 0.111. The monoisotopic (exact) mass is 472 g/mol. The van der Waals surface area contributed by atoms with Crippen molar-refractivity contribution >= 4 is 39.6 Å². The molecule has 0 saturated carbocycles. The predicted octanol–water partition coefficient (Wildman–Crippen LogP) is 6.60. The smallest absolute Gasteiger partial charge is 0.340 e. The lowest BCUT2D eigenvalue weighted by molar-refractivity contribution is 0.0602. The van der Waals surface area contributed by atoms with Crippen LogP contribution in [0.4, 0.5) is 5.00 Å². The summed E-state index contributed by atoms with van der Waals surface area (Å²) in [6.07, 6.45) is 0. The van der Waals surface area contributed by atoms with Crippen LogP contribution in [0.25, 0.3) is 10.4 Å². The molecule has 0 aliphatic rings. The summed E-state index contributed by atoms with van der Waals surface area (Å²) < 4.78 is 5.03. The highest BCUT2D eigenvalue weighted by molar-refractivity contribution is 7.80. The predicted molar refractivity (Wildman–Crippen MR) is 139 cm³/mol. The lowest BCUT2D eigenvalue weighted by Crippen LogP contribution is -2.34. The number of hydrogen-bond donors (Lipinski definition) is 1. The molecule has 0 amide bonds. The lowest BCUT2D eigenvalue weighted by atomic mass is 10.1. The molecule has 0 fully saturated rings. The molecular formula is C27H24N2O2S2. The summed E-state index contributed by atoms with van der Waals surface area (Å²) >= 11 is 7.32. The highest BCUT2D eigenvalue weighted by atomic mass is 32.1. The highest BCUT2D eigenvalue weighted by Gasteiger charge is 2.20. The Bertz CT molecular complexity index is 1170. The third-order valence-corrected chi connectivity index (χ3v) is 6.60. The minimum absolute atomic E-state index is 0.392. The van der Waals surface area contributed by atoms with Crippen LogP contribution < -0.4 is 5.32 Å². The van der Waals surface area contributed by atoms with Crippen molar-refractivity contribution in [2.24, 2.45) is 0 Å². The SMILES string of the molecule is COC(=O)c1cc(-c2ccccc2)sc1NC(=S)N(Cc1ccccc1)Cc1ccccc1. The van der Waals surface area contributed by atoms with E-state index >= 15 is 0 Å². The molecule has 0 atom stereocenters. The number of benzene rings is 3. The standard InChI is InChI=1S/C27H24N2O2S2/c1-31-26(30)23-17-24(22-15-9-4-10-16-22)33-25(23)28-27(32)29(18-20-11-5-2-6-12-20)19-21-13-7-3-8-14-21/h2-17H,18-19H2,1H3,(H,28,32). The van der Waals surface area contributed by atoms with Crippen LogP contribution in [0.1, 0.15) is 21.5 Å². The van der Waals surface area contributed by atoms with Gasteiger partial charge in [0.2, 0.25) is 0 Å². The van der Waals surface area contributed by atoms with Crippen LogP contribution in [0.5, 0.6) is 0 Å². The van der Waals surface area contributed by atoms with Gasteiger partial charge in [0.25, 0.3) is 0 Å². The van der Waals surface area contributed by atoms with Gasteiger partial charge in [-0.2, -0.15) is 0 Å². The van der Waals surface area contributed by atoms with Crippen LogP contribution in [0.3, 0.4) is 0 Å². The molecule has 0 aliphatic heterocycles. The van der Waals surface area contributed by atoms with E-state index in [0.29, 0.717) is 28.8 Å². The first-order valence-corrected chi connectivity index (χ1v) is 11.8. The summed E-state index contributed by atoms with van der Waals surface area (Å²) in [4.78, 5) is 15.6. The molecule has 4 rings (SSSR count). The summed E-state index contributed by atoms with van der Waals surface area (Å²) in [5.74, 6) is -0.392. The zero-order valence-corrected chi connectivity index (χ0v) is 19.9. The fourth-order valence-electron chi connectivity index (χ4n) is 3.47. The van der Waals surface area contributed by atoms with Gasteiger partial charge in [-0.25, -0.2) is 4.79 Å². The Morgan fingerprint density at radius 3 is 1.91 bits per heavy atom. The second-order valence-corrected chi connectivity index (χ2v) is 8.91. The van der Waals surface area contributed by atoms with Gasteiger partial charge < -0.3 is 15.0 Å². The van der Waals surface area contributed by atoms with Crippen molar-refractivity contribution < 1.29 is 9.53 Å². The average molecular weight is 473 g/mol. The maximum absolute atomic E-state index is 12.5. The van der Waals surface area contributed by atoms with Gasteiger partial charge in [0, 0.05) is 18.0 Å². The molecule has 1 heterocycles. The topological polar surface area (TPSA) is 41.6 Å². The largest absolute Gasteiger partial charge is 0.465 e. The highest BCUT2D eigenvalue weighted by Crippen LogP contribution is 2.36. The quantitative estimate of drug-likeness (QED) is 0.242. The summed E-state index contributed by atoms with van der Waals surface area (Å²) in [6, 6.07) is 32.2. The van der Waals surface area contributed by atoms with Crippen molar-refractivity contribution in [2.75, 3.05) is 12.4 Å². The second-order valence-electron chi connectivity index (χ2n) is 7.47. The van der Waals surface area contributed by atoms with E-state index in [1.165, 1.54) is 18.4 Å². The summed E-state index contributed by atoms with van der Waals surface area (Å²) in [6.45, 7) is 1.29. The Morgan fingerprint density at radius 1 is 0.879 bits per heavy atom. The van der Waals surface area contributed by atoms with Gasteiger partial charge in [-0.1, -0.05) is 91.0 Å². The molecule has 6 heteroatoms.